The molecule has 3 N–H and O–H groups in total. The molecule has 1 aliphatic carbocycles. The number of pyridine rings is 1. The lowest BCUT2D eigenvalue weighted by molar-refractivity contribution is 0.0951. The van der Waals surface area contributed by atoms with Crippen molar-refractivity contribution in [3.63, 3.8) is 0 Å². The minimum absolute atomic E-state index is 0.0403. The summed E-state index contributed by atoms with van der Waals surface area (Å²) >= 11 is 0. The van der Waals surface area contributed by atoms with E-state index in [1.54, 1.807) is 7.11 Å². The van der Waals surface area contributed by atoms with Crippen LogP contribution in [0.1, 0.15) is 56.3 Å². The number of amides is 1. The minimum atomic E-state index is -0.499. The molecule has 0 aliphatic heterocycles. The maximum atomic E-state index is 13.1. The van der Waals surface area contributed by atoms with Crippen LogP contribution < -0.4 is 15.6 Å². The lowest BCUT2D eigenvalue weighted by atomic mass is 9.90. The molecule has 1 amide bonds. The standard InChI is InChI=1S/C27H25N3O4/c1-34-17-11-9-16(10-12-17)21(22-15-28-23-6-3-2-5-18(22)23)14-29-26(32)20-13-19-24(30-27(20)33)7-4-8-25(19)31/h2-3,5-6,9-13,15,21,28H,4,7-8,14H2,1H3,(H,29,32)(H,30,33)/t21-/m1/s1. The molecule has 1 atom stereocenters. The summed E-state index contributed by atoms with van der Waals surface area (Å²) in [5.74, 6) is 0.0438. The summed E-state index contributed by atoms with van der Waals surface area (Å²) in [5, 5.41) is 3.99. The molecule has 5 rings (SSSR count). The van der Waals surface area contributed by atoms with Crippen molar-refractivity contribution in [3.8, 4) is 5.75 Å². The Morgan fingerprint density at radius 2 is 1.88 bits per heavy atom. The SMILES string of the molecule is COc1ccc([C@@H](CNC(=O)c2cc3c([nH]c2=O)CCCC3=O)c2c[nH]c3ccccc23)cc1. The third kappa shape index (κ3) is 4.01. The molecule has 0 bridgehead atoms. The number of nitrogens with one attached hydrogen (secondary N) is 3. The normalized spacial score (nSPS) is 14.0. The largest absolute Gasteiger partial charge is 0.497 e. The zero-order valence-corrected chi connectivity index (χ0v) is 18.8. The van der Waals surface area contributed by atoms with Gasteiger partial charge in [0.05, 0.1) is 7.11 Å². The first-order chi connectivity index (χ1) is 16.5. The summed E-state index contributed by atoms with van der Waals surface area (Å²) in [5.41, 5.74) is 3.59. The number of benzene rings is 2. The van der Waals surface area contributed by atoms with Gasteiger partial charge in [0.1, 0.15) is 11.3 Å². The first-order valence-electron chi connectivity index (χ1n) is 11.3. The molecule has 0 radical (unpaired) electrons. The van der Waals surface area contributed by atoms with Gasteiger partial charge in [-0.1, -0.05) is 30.3 Å². The number of rotatable bonds is 6. The Labute approximate surface area is 196 Å². The van der Waals surface area contributed by atoms with Crippen LogP contribution in [0.15, 0.2) is 65.6 Å². The van der Waals surface area contributed by atoms with Crippen LogP contribution in [0.3, 0.4) is 0 Å². The maximum Gasteiger partial charge on any atom is 0.261 e. The van der Waals surface area contributed by atoms with Crippen molar-refractivity contribution in [2.45, 2.75) is 25.2 Å². The quantitative estimate of drug-likeness (QED) is 0.410. The van der Waals surface area contributed by atoms with E-state index >= 15 is 0 Å². The molecule has 7 nitrogen and oxygen atoms in total. The van der Waals surface area contributed by atoms with Crippen molar-refractivity contribution in [1.82, 2.24) is 15.3 Å². The molecular formula is C27H25N3O4. The molecule has 2 aromatic heterocycles. The lowest BCUT2D eigenvalue weighted by Gasteiger charge is -2.19. The van der Waals surface area contributed by atoms with E-state index in [4.69, 9.17) is 4.74 Å². The number of para-hydroxylation sites is 1. The van der Waals surface area contributed by atoms with Crippen LogP contribution in [-0.4, -0.2) is 35.3 Å². The summed E-state index contributed by atoms with van der Waals surface area (Å²) in [7, 11) is 1.62. The number of Topliss-reactive ketones (excluding diaryl/α,β-unsaturated/α-hetero) is 1. The first kappa shape index (κ1) is 21.7. The minimum Gasteiger partial charge on any atom is -0.497 e. The van der Waals surface area contributed by atoms with Gasteiger partial charge in [0.15, 0.2) is 5.78 Å². The van der Waals surface area contributed by atoms with E-state index in [0.717, 1.165) is 27.8 Å². The predicted molar refractivity (Wildman–Crippen MR) is 130 cm³/mol. The molecule has 7 heteroatoms. The number of fused-ring (bicyclic) bond motifs is 2. The second kappa shape index (κ2) is 9.02. The summed E-state index contributed by atoms with van der Waals surface area (Å²) in [6, 6.07) is 17.2. The number of hydrogen-bond donors (Lipinski definition) is 3. The van der Waals surface area contributed by atoms with E-state index in [1.165, 1.54) is 6.07 Å². The topological polar surface area (TPSA) is 104 Å². The first-order valence-corrected chi connectivity index (χ1v) is 11.3. The molecule has 0 saturated carbocycles. The number of hydrogen-bond acceptors (Lipinski definition) is 4. The van der Waals surface area contributed by atoms with Gasteiger partial charge in [-0.3, -0.25) is 14.4 Å². The van der Waals surface area contributed by atoms with E-state index in [0.29, 0.717) is 30.5 Å². The van der Waals surface area contributed by atoms with Crippen molar-refractivity contribution >= 4 is 22.6 Å². The lowest BCUT2D eigenvalue weighted by Crippen LogP contribution is -2.34. The number of H-pyrrole nitrogens is 2. The van der Waals surface area contributed by atoms with Crippen molar-refractivity contribution in [1.29, 1.82) is 0 Å². The highest BCUT2D eigenvalue weighted by atomic mass is 16.5. The highest BCUT2D eigenvalue weighted by Gasteiger charge is 2.24. The molecule has 2 aromatic carbocycles. The highest BCUT2D eigenvalue weighted by Crippen LogP contribution is 2.31. The molecule has 0 spiro atoms. The predicted octanol–water partition coefficient (Wildman–Crippen LogP) is 3.95. The van der Waals surface area contributed by atoms with E-state index < -0.39 is 11.5 Å². The molecule has 34 heavy (non-hydrogen) atoms. The van der Waals surface area contributed by atoms with E-state index in [2.05, 4.69) is 15.3 Å². The van der Waals surface area contributed by atoms with Gasteiger partial charge in [0.2, 0.25) is 0 Å². The van der Waals surface area contributed by atoms with E-state index in [9.17, 15) is 14.4 Å². The Kier molecular flexibility index (Phi) is 5.76. The van der Waals surface area contributed by atoms with Gasteiger partial charge in [0, 0.05) is 47.2 Å². The Balaban J connectivity index is 1.46. The zero-order chi connectivity index (χ0) is 23.7. The second-order valence-corrected chi connectivity index (χ2v) is 8.51. The number of methoxy groups -OCH3 is 1. The molecular weight excluding hydrogens is 430 g/mol. The van der Waals surface area contributed by atoms with Crippen LogP contribution in [0.2, 0.25) is 0 Å². The summed E-state index contributed by atoms with van der Waals surface area (Å²) in [6.45, 7) is 0.275. The van der Waals surface area contributed by atoms with Gasteiger partial charge in [0.25, 0.3) is 11.5 Å². The Bertz CT molecular complexity index is 1430. The van der Waals surface area contributed by atoms with Gasteiger partial charge in [-0.2, -0.15) is 0 Å². The maximum absolute atomic E-state index is 13.1. The number of aryl methyl sites for hydroxylation is 1. The van der Waals surface area contributed by atoms with Crippen molar-refractivity contribution in [3.05, 3.63) is 99.1 Å². The monoisotopic (exact) mass is 455 g/mol. The number of aromatic nitrogens is 2. The fourth-order valence-corrected chi connectivity index (χ4v) is 4.66. The summed E-state index contributed by atoms with van der Waals surface area (Å²) in [6.07, 6.45) is 3.73. The summed E-state index contributed by atoms with van der Waals surface area (Å²) < 4.78 is 5.29. The molecule has 4 aromatic rings. The van der Waals surface area contributed by atoms with Gasteiger partial charge in [-0.15, -0.1) is 0 Å². The molecule has 172 valence electrons. The van der Waals surface area contributed by atoms with E-state index in [-0.39, 0.29) is 23.8 Å². The number of aromatic amines is 2. The van der Waals surface area contributed by atoms with Crippen LogP contribution in [0, 0.1) is 0 Å². The molecule has 0 fully saturated rings. The number of carbonyl (C=O) groups is 2. The average molecular weight is 456 g/mol. The third-order valence-corrected chi connectivity index (χ3v) is 6.48. The van der Waals surface area contributed by atoms with Crippen molar-refractivity contribution in [2.75, 3.05) is 13.7 Å². The van der Waals surface area contributed by atoms with Gasteiger partial charge >= 0.3 is 0 Å². The number of ketones is 1. The van der Waals surface area contributed by atoms with Crippen LogP contribution in [-0.2, 0) is 6.42 Å². The average Bonchev–Trinajstić information content (AvgIpc) is 3.28. The van der Waals surface area contributed by atoms with Crippen LogP contribution in [0.4, 0.5) is 0 Å². The van der Waals surface area contributed by atoms with Crippen LogP contribution in [0.25, 0.3) is 10.9 Å². The fourth-order valence-electron chi connectivity index (χ4n) is 4.66. The third-order valence-electron chi connectivity index (χ3n) is 6.48. The molecule has 2 heterocycles. The highest BCUT2D eigenvalue weighted by molar-refractivity contribution is 6.01. The summed E-state index contributed by atoms with van der Waals surface area (Å²) in [4.78, 5) is 44.0. The van der Waals surface area contributed by atoms with Gasteiger partial charge in [-0.05, 0) is 48.2 Å². The molecule has 0 saturated heterocycles. The Morgan fingerprint density at radius 1 is 1.09 bits per heavy atom. The molecule has 1 aliphatic rings. The number of carbonyl (C=O) groups excluding carboxylic acids is 2. The number of ether oxygens (including phenoxy) is 1. The van der Waals surface area contributed by atoms with Gasteiger partial charge in [-0.25, -0.2) is 0 Å². The van der Waals surface area contributed by atoms with Gasteiger partial charge < -0.3 is 20.0 Å². The molecule has 0 unspecified atom stereocenters. The van der Waals surface area contributed by atoms with Crippen LogP contribution >= 0.6 is 0 Å². The zero-order valence-electron chi connectivity index (χ0n) is 18.8. The Morgan fingerprint density at radius 3 is 2.68 bits per heavy atom. The van der Waals surface area contributed by atoms with Crippen molar-refractivity contribution in [2.24, 2.45) is 0 Å². The fraction of sp³-hybridized carbons (Fsp3) is 0.222. The van der Waals surface area contributed by atoms with Crippen LogP contribution in [0.5, 0.6) is 5.75 Å². The van der Waals surface area contributed by atoms with Crippen molar-refractivity contribution < 1.29 is 14.3 Å². The second-order valence-electron chi connectivity index (χ2n) is 8.51. The van der Waals surface area contributed by atoms with E-state index in [1.807, 2.05) is 54.7 Å². The Hall–Kier alpha value is -4.13. The smallest absolute Gasteiger partial charge is 0.261 e.